The second-order valence-corrected chi connectivity index (χ2v) is 6.14. The van der Waals surface area contributed by atoms with Gasteiger partial charge in [0.25, 0.3) is 0 Å². The Kier molecular flexibility index (Phi) is 3.86. The first-order chi connectivity index (χ1) is 8.47. The molecule has 18 heavy (non-hydrogen) atoms. The van der Waals surface area contributed by atoms with Gasteiger partial charge in [-0.1, -0.05) is 45.0 Å². The molecule has 1 fully saturated rings. The summed E-state index contributed by atoms with van der Waals surface area (Å²) in [5.74, 6) is 0.403. The quantitative estimate of drug-likeness (QED) is 0.801. The van der Waals surface area contributed by atoms with Gasteiger partial charge < -0.3 is 4.74 Å². The first-order valence-corrected chi connectivity index (χ1v) is 6.67. The molecule has 1 aliphatic rings. The lowest BCUT2D eigenvalue weighted by Crippen LogP contribution is -2.29. The van der Waals surface area contributed by atoms with Gasteiger partial charge in [-0.3, -0.25) is 4.79 Å². The third-order valence-corrected chi connectivity index (χ3v) is 3.57. The van der Waals surface area contributed by atoms with Crippen LogP contribution in [0.4, 0.5) is 0 Å². The van der Waals surface area contributed by atoms with E-state index in [-0.39, 0.29) is 11.3 Å². The van der Waals surface area contributed by atoms with E-state index in [1.807, 2.05) is 0 Å². The molecule has 0 saturated carbocycles. The topological polar surface area (TPSA) is 26.3 Å². The van der Waals surface area contributed by atoms with Gasteiger partial charge in [0, 0.05) is 12.3 Å². The summed E-state index contributed by atoms with van der Waals surface area (Å²) in [6.07, 6.45) is 1.38. The Morgan fingerprint density at radius 2 is 1.89 bits per heavy atom. The van der Waals surface area contributed by atoms with Crippen molar-refractivity contribution in [1.82, 2.24) is 0 Å². The zero-order valence-corrected chi connectivity index (χ0v) is 11.5. The Morgan fingerprint density at radius 3 is 2.44 bits per heavy atom. The summed E-state index contributed by atoms with van der Waals surface area (Å²) >= 11 is 0. The lowest BCUT2D eigenvalue weighted by molar-refractivity contribution is -0.130. The van der Waals surface area contributed by atoms with E-state index in [4.69, 9.17) is 4.74 Å². The fraction of sp³-hybridized carbons (Fsp3) is 0.562. The summed E-state index contributed by atoms with van der Waals surface area (Å²) in [6.45, 7) is 7.81. The summed E-state index contributed by atoms with van der Waals surface area (Å²) in [5.41, 5.74) is 2.74. The van der Waals surface area contributed by atoms with Crippen LogP contribution in [-0.2, 0) is 21.4 Å². The lowest BCUT2D eigenvalue weighted by Gasteiger charge is -2.22. The predicted molar refractivity (Wildman–Crippen MR) is 72.8 cm³/mol. The van der Waals surface area contributed by atoms with Crippen LogP contribution in [0.25, 0.3) is 0 Å². The number of Topliss-reactive ketones (excluding diaryl/α,β-unsaturated/α-hetero) is 1. The number of ketones is 1. The summed E-state index contributed by atoms with van der Waals surface area (Å²) in [4.78, 5) is 11.7. The minimum Gasteiger partial charge on any atom is -0.380 e. The van der Waals surface area contributed by atoms with E-state index in [2.05, 4.69) is 45.0 Å². The molecule has 2 nitrogen and oxygen atoms in total. The van der Waals surface area contributed by atoms with Crippen LogP contribution in [0.3, 0.4) is 0 Å². The van der Waals surface area contributed by atoms with Crippen molar-refractivity contribution in [3.8, 4) is 0 Å². The highest BCUT2D eigenvalue weighted by atomic mass is 16.5. The van der Waals surface area contributed by atoms with E-state index in [0.717, 1.165) is 6.42 Å². The molecule has 1 saturated heterocycles. The molecule has 0 aliphatic carbocycles. The molecule has 2 heteroatoms. The average molecular weight is 246 g/mol. The molecular formula is C16H22O2. The number of benzene rings is 1. The minimum atomic E-state index is 0.0548. The maximum atomic E-state index is 11.7. The molecule has 1 atom stereocenters. The molecule has 1 unspecified atom stereocenters. The first-order valence-electron chi connectivity index (χ1n) is 6.67. The van der Waals surface area contributed by atoms with Crippen molar-refractivity contribution in [3.63, 3.8) is 0 Å². The Morgan fingerprint density at radius 1 is 1.22 bits per heavy atom. The van der Waals surface area contributed by atoms with E-state index in [9.17, 15) is 4.79 Å². The highest BCUT2D eigenvalue weighted by Gasteiger charge is 2.23. The average Bonchev–Trinajstić information content (AvgIpc) is 2.32. The van der Waals surface area contributed by atoms with Crippen molar-refractivity contribution < 1.29 is 9.53 Å². The fourth-order valence-electron chi connectivity index (χ4n) is 2.29. The molecule has 98 valence electrons. The Hall–Kier alpha value is -1.15. The van der Waals surface area contributed by atoms with Gasteiger partial charge in [-0.25, -0.2) is 0 Å². The molecule has 0 bridgehead atoms. The van der Waals surface area contributed by atoms with Crippen LogP contribution in [0.5, 0.6) is 0 Å². The Bertz CT molecular complexity index is 412. The Labute approximate surface area is 109 Å². The second kappa shape index (κ2) is 5.23. The zero-order chi connectivity index (χ0) is 13.2. The maximum Gasteiger partial charge on any atom is 0.140 e. The van der Waals surface area contributed by atoms with E-state index in [1.165, 1.54) is 11.1 Å². The van der Waals surface area contributed by atoms with Crippen molar-refractivity contribution in [2.75, 3.05) is 13.2 Å². The van der Waals surface area contributed by atoms with Crippen LogP contribution in [0, 0.1) is 5.92 Å². The van der Waals surface area contributed by atoms with Crippen LogP contribution in [0.2, 0.25) is 0 Å². The standard InChI is InChI=1S/C16H22O2/c1-16(2,3)14-6-4-12(5-7-14)10-13-11-18-9-8-15(13)17/h4-7,13H,8-11H2,1-3H3. The van der Waals surface area contributed by atoms with Crippen molar-refractivity contribution >= 4 is 5.78 Å². The van der Waals surface area contributed by atoms with Crippen LogP contribution in [0.15, 0.2) is 24.3 Å². The van der Waals surface area contributed by atoms with Gasteiger partial charge in [-0.15, -0.1) is 0 Å². The van der Waals surface area contributed by atoms with E-state index < -0.39 is 0 Å². The maximum absolute atomic E-state index is 11.7. The number of ether oxygens (including phenoxy) is 1. The highest BCUT2D eigenvalue weighted by molar-refractivity contribution is 5.82. The van der Waals surface area contributed by atoms with E-state index >= 15 is 0 Å². The van der Waals surface area contributed by atoms with E-state index in [1.54, 1.807) is 0 Å². The largest absolute Gasteiger partial charge is 0.380 e. The van der Waals surface area contributed by atoms with Crippen LogP contribution >= 0.6 is 0 Å². The monoisotopic (exact) mass is 246 g/mol. The molecule has 1 aromatic rings. The van der Waals surface area contributed by atoms with Gasteiger partial charge in [-0.05, 0) is 23.0 Å². The lowest BCUT2D eigenvalue weighted by atomic mass is 9.85. The molecule has 0 radical (unpaired) electrons. The third kappa shape index (κ3) is 3.20. The van der Waals surface area contributed by atoms with Crippen molar-refractivity contribution in [1.29, 1.82) is 0 Å². The van der Waals surface area contributed by atoms with Crippen LogP contribution in [0.1, 0.15) is 38.3 Å². The van der Waals surface area contributed by atoms with E-state index in [0.29, 0.717) is 25.4 Å². The van der Waals surface area contributed by atoms with Crippen molar-refractivity contribution in [2.45, 2.75) is 39.0 Å². The summed E-state index contributed by atoms with van der Waals surface area (Å²) in [5, 5.41) is 0. The molecule has 0 N–H and O–H groups in total. The third-order valence-electron chi connectivity index (χ3n) is 3.57. The Balaban J connectivity index is 2.04. The smallest absolute Gasteiger partial charge is 0.140 e. The van der Waals surface area contributed by atoms with Gasteiger partial charge in [0.1, 0.15) is 5.78 Å². The molecule has 1 aliphatic heterocycles. The fourth-order valence-corrected chi connectivity index (χ4v) is 2.29. The molecular weight excluding hydrogens is 224 g/mol. The van der Waals surface area contributed by atoms with Gasteiger partial charge in [0.05, 0.1) is 13.2 Å². The molecule has 1 heterocycles. The molecule has 2 rings (SSSR count). The summed E-state index contributed by atoms with van der Waals surface area (Å²) in [6, 6.07) is 8.62. The summed E-state index contributed by atoms with van der Waals surface area (Å²) < 4.78 is 5.38. The molecule has 1 aromatic carbocycles. The predicted octanol–water partition coefficient (Wildman–Crippen LogP) is 3.13. The van der Waals surface area contributed by atoms with Crippen LogP contribution in [-0.4, -0.2) is 19.0 Å². The van der Waals surface area contributed by atoms with Gasteiger partial charge in [0.2, 0.25) is 0 Å². The SMILES string of the molecule is CC(C)(C)c1ccc(CC2COCCC2=O)cc1. The molecule has 0 amide bonds. The van der Waals surface area contributed by atoms with Gasteiger partial charge in [0.15, 0.2) is 0 Å². The van der Waals surface area contributed by atoms with Crippen molar-refractivity contribution in [2.24, 2.45) is 5.92 Å². The minimum absolute atomic E-state index is 0.0548. The number of carbonyl (C=O) groups is 1. The van der Waals surface area contributed by atoms with Gasteiger partial charge >= 0.3 is 0 Å². The van der Waals surface area contributed by atoms with Crippen molar-refractivity contribution in [3.05, 3.63) is 35.4 Å². The summed E-state index contributed by atoms with van der Waals surface area (Å²) in [7, 11) is 0. The highest BCUT2D eigenvalue weighted by Crippen LogP contribution is 2.23. The second-order valence-electron chi connectivity index (χ2n) is 6.14. The number of hydrogen-bond acceptors (Lipinski definition) is 2. The van der Waals surface area contributed by atoms with Gasteiger partial charge in [-0.2, -0.15) is 0 Å². The van der Waals surface area contributed by atoms with Crippen LogP contribution < -0.4 is 0 Å². The normalized spacial score (nSPS) is 21.1. The number of carbonyl (C=O) groups excluding carboxylic acids is 1. The number of hydrogen-bond donors (Lipinski definition) is 0. The first kappa shape index (κ1) is 13.3. The molecule has 0 aromatic heterocycles. The molecule has 0 spiro atoms. The number of rotatable bonds is 2. The zero-order valence-electron chi connectivity index (χ0n) is 11.5.